The number of esters is 1. The van der Waals surface area contributed by atoms with Crippen LogP contribution in [0.15, 0.2) is 30.5 Å². The van der Waals surface area contributed by atoms with Crippen LogP contribution in [-0.2, 0) is 18.8 Å². The fraction of sp³-hybridized carbons (Fsp3) is 0.731. The highest BCUT2D eigenvalue weighted by atomic mass is 16.7. The van der Waals surface area contributed by atoms with Gasteiger partial charge < -0.3 is 44.2 Å². The maximum absolute atomic E-state index is 13.5. The number of hydrogen-bond acceptors (Lipinski definition) is 9. The largest absolute Gasteiger partial charge is 0.454 e. The first kappa shape index (κ1) is 24.3. The molecule has 37 heavy (non-hydrogen) atoms. The fourth-order valence-corrected chi connectivity index (χ4v) is 10.3. The molecular weight excluding hydrogens is 481 g/mol. The van der Waals surface area contributed by atoms with Crippen LogP contribution < -0.4 is 0 Å². The summed E-state index contributed by atoms with van der Waals surface area (Å²) in [7, 11) is -0.904. The number of carbonyl (C=O) groups excluding carboxylic acids is 1. The quantitative estimate of drug-likeness (QED) is 0.225. The third kappa shape index (κ3) is 1.79. The van der Waals surface area contributed by atoms with Gasteiger partial charge in [-0.05, 0) is 50.2 Å². The van der Waals surface area contributed by atoms with Crippen LogP contribution in [0.25, 0.3) is 0 Å². The Morgan fingerprint density at radius 1 is 1.24 bits per heavy atom. The molecule has 10 nitrogen and oxygen atoms in total. The van der Waals surface area contributed by atoms with Crippen molar-refractivity contribution in [3.8, 4) is 0 Å². The van der Waals surface area contributed by atoms with Gasteiger partial charge in [-0.15, -0.1) is 0 Å². The van der Waals surface area contributed by atoms with Crippen molar-refractivity contribution in [3.63, 3.8) is 0 Å². The van der Waals surface area contributed by atoms with Gasteiger partial charge in [-0.3, -0.25) is 0 Å². The van der Waals surface area contributed by atoms with Gasteiger partial charge >= 0.3 is 13.1 Å². The van der Waals surface area contributed by atoms with Crippen molar-refractivity contribution in [1.29, 1.82) is 0 Å². The maximum Gasteiger partial charge on any atom is 0.454 e. The van der Waals surface area contributed by atoms with Gasteiger partial charge in [-0.2, -0.15) is 0 Å². The highest BCUT2D eigenvalue weighted by Gasteiger charge is 3.11. The van der Waals surface area contributed by atoms with Crippen molar-refractivity contribution >= 4 is 13.1 Å². The highest BCUT2D eigenvalue weighted by Crippen LogP contribution is 2.92. The molecule has 0 amide bonds. The summed E-state index contributed by atoms with van der Waals surface area (Å²) < 4.78 is 25.9. The van der Waals surface area contributed by atoms with E-state index in [4.69, 9.17) is 18.8 Å². The van der Waals surface area contributed by atoms with Gasteiger partial charge in [0.05, 0.1) is 11.0 Å². The van der Waals surface area contributed by atoms with Gasteiger partial charge in [0.15, 0.2) is 17.5 Å². The molecule has 0 unspecified atom stereocenters. The Morgan fingerprint density at radius 3 is 2.57 bits per heavy atom. The molecule has 7 fully saturated rings. The summed E-state index contributed by atoms with van der Waals surface area (Å²) >= 11 is 0. The van der Waals surface area contributed by atoms with Crippen molar-refractivity contribution < 1.29 is 44.0 Å². The molecule has 3 spiro atoms. The Balaban J connectivity index is 1.60. The Kier molecular flexibility index (Phi) is 4.07. The molecule has 4 aliphatic carbocycles. The summed E-state index contributed by atoms with van der Waals surface area (Å²) in [6.45, 7) is 12.6. The third-order valence-corrected chi connectivity index (χ3v) is 11.6. The molecule has 10 atom stereocenters. The van der Waals surface area contributed by atoms with Gasteiger partial charge in [0, 0.05) is 18.0 Å². The average molecular weight is 515 g/mol. The lowest BCUT2D eigenvalue weighted by atomic mass is 9.51. The van der Waals surface area contributed by atoms with Crippen molar-refractivity contribution in [3.05, 3.63) is 36.2 Å². The van der Waals surface area contributed by atoms with Crippen LogP contribution in [-0.4, -0.2) is 84.5 Å². The average Bonchev–Trinajstić information content (AvgIpc) is 3.43. The molecule has 3 aliphatic heterocycles. The Labute approximate surface area is 215 Å². The minimum atomic E-state index is -2.25. The van der Waals surface area contributed by atoms with E-state index in [-0.39, 0.29) is 12.1 Å². The van der Waals surface area contributed by atoms with E-state index in [0.29, 0.717) is 18.4 Å². The molecule has 8 rings (SSSR count). The van der Waals surface area contributed by atoms with Crippen molar-refractivity contribution in [2.24, 2.45) is 16.7 Å². The van der Waals surface area contributed by atoms with E-state index in [1.807, 2.05) is 6.92 Å². The number of nitrogens with one attached hydrogen (secondary N) is 1. The van der Waals surface area contributed by atoms with Crippen LogP contribution in [0.4, 0.5) is 0 Å². The molecule has 11 heteroatoms. The lowest BCUT2D eigenvalue weighted by Crippen LogP contribution is -2.78. The number of hydrogen-bond donors (Lipinski definition) is 5. The topological polar surface area (TPSA) is 151 Å². The molecule has 5 N–H and O–H groups in total. The zero-order chi connectivity index (χ0) is 26.8. The standard InChI is InChI=1S/C26H34BNO9/c1-13(2)23(32)18(34-17(30)15-8-7-11-28-15)25-19(4)12-22(31)20(23,5)26(25,33)24(35-22)16(29)14(3)9-10-21(19,24)36-27(6)37-25/h7-8,11,13,16,18,28-29,31-33H,3,9-10,12H2,1-2,4-6H3/t16-,18-,19+,20-,21+,22+,23-,24-,25-,26+/m1/s1. The van der Waals surface area contributed by atoms with Crippen molar-refractivity contribution in [1.82, 2.24) is 4.98 Å². The molecular formula is C26H34BNO9. The zero-order valence-electron chi connectivity index (χ0n) is 21.7. The second-order valence-corrected chi connectivity index (χ2v) is 12.7. The van der Waals surface area contributed by atoms with E-state index >= 15 is 0 Å². The van der Waals surface area contributed by atoms with E-state index < -0.39 is 75.8 Å². The second-order valence-electron chi connectivity index (χ2n) is 12.7. The second kappa shape index (κ2) is 6.19. The first-order valence-corrected chi connectivity index (χ1v) is 13.0. The molecule has 4 saturated carbocycles. The Morgan fingerprint density at radius 2 is 1.95 bits per heavy atom. The van der Waals surface area contributed by atoms with Gasteiger partial charge in [-0.25, -0.2) is 4.79 Å². The predicted octanol–water partition coefficient (Wildman–Crippen LogP) is 0.913. The van der Waals surface area contributed by atoms with Gasteiger partial charge in [0.2, 0.25) is 0 Å². The number of aromatic amines is 1. The molecule has 7 bridgehead atoms. The monoisotopic (exact) mass is 515 g/mol. The predicted molar refractivity (Wildman–Crippen MR) is 128 cm³/mol. The van der Waals surface area contributed by atoms with Gasteiger partial charge in [-0.1, -0.05) is 27.4 Å². The van der Waals surface area contributed by atoms with E-state index in [1.165, 1.54) is 0 Å². The smallest absolute Gasteiger partial charge is 0.451 e. The number of ether oxygens (including phenoxy) is 2. The maximum atomic E-state index is 13.5. The molecule has 0 aromatic carbocycles. The van der Waals surface area contributed by atoms with Crippen LogP contribution in [0, 0.1) is 16.7 Å². The summed E-state index contributed by atoms with van der Waals surface area (Å²) in [5.74, 6) is -3.49. The molecule has 3 saturated heterocycles. The third-order valence-electron chi connectivity index (χ3n) is 11.6. The number of carbonyl (C=O) groups is 1. The van der Waals surface area contributed by atoms with Crippen molar-refractivity contribution in [2.75, 3.05) is 0 Å². The Bertz CT molecular complexity index is 1260. The molecule has 0 radical (unpaired) electrons. The lowest BCUT2D eigenvalue weighted by molar-refractivity contribution is -0.387. The van der Waals surface area contributed by atoms with Crippen LogP contribution in [0.1, 0.15) is 57.4 Å². The normalized spacial score (nSPS) is 56.8. The summed E-state index contributed by atoms with van der Waals surface area (Å²) in [4.78, 5) is 16.3. The first-order valence-electron chi connectivity index (χ1n) is 13.0. The van der Waals surface area contributed by atoms with E-state index in [0.717, 1.165) is 0 Å². The number of aromatic nitrogens is 1. The van der Waals surface area contributed by atoms with Crippen LogP contribution in [0.3, 0.4) is 0 Å². The minimum absolute atomic E-state index is 0.0714. The zero-order valence-corrected chi connectivity index (χ0v) is 21.7. The molecule has 200 valence electrons. The molecule has 1 aromatic rings. The fourth-order valence-electron chi connectivity index (χ4n) is 10.3. The summed E-state index contributed by atoms with van der Waals surface area (Å²) in [6.07, 6.45) is -0.639. The minimum Gasteiger partial charge on any atom is -0.451 e. The van der Waals surface area contributed by atoms with E-state index in [2.05, 4.69) is 11.6 Å². The van der Waals surface area contributed by atoms with E-state index in [9.17, 15) is 25.2 Å². The number of aliphatic hydroxyl groups excluding tert-OH is 1. The number of H-pyrrole nitrogens is 1. The van der Waals surface area contributed by atoms with E-state index in [1.54, 1.807) is 45.9 Å². The molecule has 7 aliphatic rings. The van der Waals surface area contributed by atoms with Gasteiger partial charge in [0.1, 0.15) is 28.6 Å². The summed E-state index contributed by atoms with van der Waals surface area (Å²) in [5.41, 5.74) is -11.9. The summed E-state index contributed by atoms with van der Waals surface area (Å²) in [6, 6.07) is 3.21. The van der Waals surface area contributed by atoms with Crippen LogP contribution in [0.2, 0.25) is 6.82 Å². The Hall–Kier alpha value is -1.73. The van der Waals surface area contributed by atoms with Crippen LogP contribution in [0.5, 0.6) is 0 Å². The van der Waals surface area contributed by atoms with Crippen molar-refractivity contribution in [2.45, 2.75) is 99.8 Å². The van der Waals surface area contributed by atoms with Gasteiger partial charge in [0.25, 0.3) is 0 Å². The molecule has 4 heterocycles. The highest BCUT2D eigenvalue weighted by molar-refractivity contribution is 6.43. The number of aliphatic hydroxyl groups is 4. The SMILES string of the molecule is C=C1CC[C@@]23OB(C)O[C@@]45[C@H](OC(=O)c6ccc[nH]6)[C@](O)(C(C)C)[C@]6(C)[C@]4(O)[C@@]2(O[C@@]6(O)C[C@@]35C)[C@@H]1O. The molecule has 1 aromatic heterocycles. The first-order chi connectivity index (χ1) is 17.1. The summed E-state index contributed by atoms with van der Waals surface area (Å²) in [5, 5.41) is 50.3. The lowest BCUT2D eigenvalue weighted by Gasteiger charge is -2.65. The number of rotatable bonds is 3. The van der Waals surface area contributed by atoms with Crippen LogP contribution >= 0.6 is 0 Å².